The number of aromatic nitrogens is 3. The molecule has 4 aromatic rings. The highest BCUT2D eigenvalue weighted by Crippen LogP contribution is 2.30. The van der Waals surface area contributed by atoms with Gasteiger partial charge in [0.1, 0.15) is 18.1 Å². The fraction of sp³-hybridized carbons (Fsp3) is 0.323. The molecule has 1 N–H and O–H groups in total. The summed E-state index contributed by atoms with van der Waals surface area (Å²) >= 11 is 0. The lowest BCUT2D eigenvalue weighted by Gasteiger charge is -2.32. The summed E-state index contributed by atoms with van der Waals surface area (Å²) in [5.41, 5.74) is 3.99. The molecule has 10 heteroatoms. The van der Waals surface area contributed by atoms with Crippen LogP contribution in [0, 0.1) is 0 Å². The Balaban J connectivity index is 1.56. The van der Waals surface area contributed by atoms with Crippen molar-refractivity contribution in [2.24, 2.45) is 0 Å². The number of Topliss-reactive ketones (excluding diaryl/α,β-unsaturated/α-hetero) is 1. The van der Waals surface area contributed by atoms with E-state index >= 15 is 0 Å². The lowest BCUT2D eigenvalue weighted by atomic mass is 10.0. The van der Waals surface area contributed by atoms with Crippen LogP contribution < -0.4 is 15.1 Å². The quantitative estimate of drug-likeness (QED) is 0.297. The van der Waals surface area contributed by atoms with Crippen LogP contribution in [0.15, 0.2) is 72.8 Å². The number of anilines is 2. The number of nitrogens with one attached hydrogen (secondary N) is 1. The molecule has 0 aliphatic carbocycles. The van der Waals surface area contributed by atoms with Gasteiger partial charge in [-0.3, -0.25) is 19.3 Å². The zero-order valence-electron chi connectivity index (χ0n) is 23.5. The summed E-state index contributed by atoms with van der Waals surface area (Å²) in [6.07, 6.45) is 1.77. The Hall–Kier alpha value is -4.57. The third-order valence-corrected chi connectivity index (χ3v) is 7.29. The number of nitrogens with zero attached hydrogens (tertiary/aromatic N) is 5. The number of benzene rings is 3. The number of amides is 2. The van der Waals surface area contributed by atoms with Gasteiger partial charge in [-0.1, -0.05) is 29.5 Å². The minimum atomic E-state index is -0.988. The molecule has 2 atom stereocenters. The summed E-state index contributed by atoms with van der Waals surface area (Å²) in [6, 6.07) is 20.7. The zero-order valence-corrected chi connectivity index (χ0v) is 23.5. The number of hydrogen-bond acceptors (Lipinski definition) is 7. The van der Waals surface area contributed by atoms with Crippen molar-refractivity contribution in [2.75, 3.05) is 37.0 Å². The Morgan fingerprint density at radius 1 is 1.00 bits per heavy atom. The van der Waals surface area contributed by atoms with Crippen LogP contribution in [0.1, 0.15) is 41.7 Å². The second-order valence-electron chi connectivity index (χ2n) is 10.4. The van der Waals surface area contributed by atoms with Gasteiger partial charge in [0.2, 0.25) is 11.8 Å². The Bertz CT molecular complexity index is 1520. The Kier molecular flexibility index (Phi) is 8.39. The molecule has 1 aliphatic rings. The summed E-state index contributed by atoms with van der Waals surface area (Å²) in [5, 5.41) is 11.4. The molecule has 212 valence electrons. The van der Waals surface area contributed by atoms with Gasteiger partial charge in [0.25, 0.3) is 0 Å². The van der Waals surface area contributed by atoms with Gasteiger partial charge in [-0.25, -0.2) is 4.68 Å². The average Bonchev–Trinajstić information content (AvgIpc) is 3.65. The second kappa shape index (κ2) is 12.3. The van der Waals surface area contributed by atoms with Crippen molar-refractivity contribution < 1.29 is 19.1 Å². The predicted molar refractivity (Wildman–Crippen MR) is 157 cm³/mol. The number of carbonyl (C=O) groups excluding carboxylic acids is 3. The van der Waals surface area contributed by atoms with Crippen molar-refractivity contribution in [2.45, 2.75) is 38.5 Å². The average molecular weight is 555 g/mol. The summed E-state index contributed by atoms with van der Waals surface area (Å²) in [7, 11) is 3.88. The standard InChI is InChI=1S/C31H34N6O4/c1-21(38)22-10-16-25(17-11-22)37(29(39)20-36-28-9-5-4-8-27(28)33-34-36)30(23-12-14-24(15-13-23)35(2)3)31(40)32-19-26-7-6-18-41-26/h4-5,8-17,26,30H,6-7,18-20H2,1-3H3,(H,32,40)/t26-,30-/m0/s1. The van der Waals surface area contributed by atoms with E-state index in [9.17, 15) is 14.4 Å². The smallest absolute Gasteiger partial charge is 0.249 e. The fourth-order valence-electron chi connectivity index (χ4n) is 5.02. The lowest BCUT2D eigenvalue weighted by Crippen LogP contribution is -2.46. The van der Waals surface area contributed by atoms with E-state index < -0.39 is 6.04 Å². The molecule has 3 aromatic carbocycles. The second-order valence-corrected chi connectivity index (χ2v) is 10.4. The van der Waals surface area contributed by atoms with Gasteiger partial charge in [0.15, 0.2) is 5.78 Å². The van der Waals surface area contributed by atoms with Crippen LogP contribution in [-0.4, -0.2) is 65.9 Å². The highest BCUT2D eigenvalue weighted by Gasteiger charge is 2.34. The van der Waals surface area contributed by atoms with Crippen LogP contribution in [0.2, 0.25) is 0 Å². The van der Waals surface area contributed by atoms with E-state index in [1.165, 1.54) is 16.5 Å². The summed E-state index contributed by atoms with van der Waals surface area (Å²) in [4.78, 5) is 43.6. The summed E-state index contributed by atoms with van der Waals surface area (Å²) in [6.45, 7) is 2.38. The first-order valence-corrected chi connectivity index (χ1v) is 13.7. The maximum atomic E-state index is 14.2. The highest BCUT2D eigenvalue weighted by molar-refractivity contribution is 6.02. The van der Waals surface area contributed by atoms with Crippen molar-refractivity contribution in [1.29, 1.82) is 0 Å². The maximum Gasteiger partial charge on any atom is 0.249 e. The van der Waals surface area contributed by atoms with Gasteiger partial charge in [-0.2, -0.15) is 0 Å². The summed E-state index contributed by atoms with van der Waals surface area (Å²) in [5.74, 6) is -0.774. The van der Waals surface area contributed by atoms with E-state index in [4.69, 9.17) is 4.74 Å². The van der Waals surface area contributed by atoms with Gasteiger partial charge in [-0.15, -0.1) is 5.10 Å². The molecule has 0 bridgehead atoms. The van der Waals surface area contributed by atoms with Crippen LogP contribution in [0.5, 0.6) is 0 Å². The molecule has 1 saturated heterocycles. The van der Waals surface area contributed by atoms with E-state index in [-0.39, 0.29) is 30.2 Å². The van der Waals surface area contributed by atoms with Gasteiger partial charge in [0.05, 0.1) is 11.6 Å². The van der Waals surface area contributed by atoms with Crippen molar-refractivity contribution >= 4 is 40.0 Å². The van der Waals surface area contributed by atoms with E-state index in [1.807, 2.05) is 67.5 Å². The highest BCUT2D eigenvalue weighted by atomic mass is 16.5. The molecule has 1 aliphatic heterocycles. The molecule has 41 heavy (non-hydrogen) atoms. The van der Waals surface area contributed by atoms with Crippen LogP contribution in [0.3, 0.4) is 0 Å². The first-order chi connectivity index (χ1) is 19.8. The van der Waals surface area contributed by atoms with Crippen LogP contribution in [0.4, 0.5) is 11.4 Å². The SMILES string of the molecule is CC(=O)c1ccc(N(C(=O)Cn2nnc3ccccc32)[C@H](C(=O)NC[C@@H]2CCCO2)c2ccc(N(C)C)cc2)cc1. The van der Waals surface area contributed by atoms with E-state index in [2.05, 4.69) is 15.6 Å². The normalized spacial score (nSPS) is 15.4. The van der Waals surface area contributed by atoms with E-state index in [0.29, 0.717) is 41.0 Å². The van der Waals surface area contributed by atoms with E-state index in [0.717, 1.165) is 18.5 Å². The van der Waals surface area contributed by atoms with Crippen LogP contribution in [0.25, 0.3) is 11.0 Å². The van der Waals surface area contributed by atoms with Crippen molar-refractivity contribution in [3.05, 3.63) is 83.9 Å². The molecule has 10 nitrogen and oxygen atoms in total. The van der Waals surface area contributed by atoms with Gasteiger partial charge in [-0.05, 0) is 73.9 Å². The van der Waals surface area contributed by atoms with Gasteiger partial charge in [0, 0.05) is 44.2 Å². The molecule has 0 spiro atoms. The molecule has 1 fully saturated rings. The molecular formula is C31H34N6O4. The monoisotopic (exact) mass is 554 g/mol. The summed E-state index contributed by atoms with van der Waals surface area (Å²) < 4.78 is 7.25. The van der Waals surface area contributed by atoms with Crippen molar-refractivity contribution in [3.63, 3.8) is 0 Å². The first-order valence-electron chi connectivity index (χ1n) is 13.7. The van der Waals surface area contributed by atoms with E-state index in [1.54, 1.807) is 24.3 Å². The third kappa shape index (κ3) is 6.28. The minimum Gasteiger partial charge on any atom is -0.378 e. The molecule has 2 heterocycles. The number of para-hydroxylation sites is 1. The Labute approximate surface area is 238 Å². The lowest BCUT2D eigenvalue weighted by molar-refractivity contribution is -0.127. The minimum absolute atomic E-state index is 0.0590. The van der Waals surface area contributed by atoms with Crippen LogP contribution >= 0.6 is 0 Å². The largest absolute Gasteiger partial charge is 0.378 e. The van der Waals surface area contributed by atoms with Gasteiger partial charge >= 0.3 is 0 Å². The van der Waals surface area contributed by atoms with Crippen molar-refractivity contribution in [1.82, 2.24) is 20.3 Å². The molecule has 0 radical (unpaired) electrons. The van der Waals surface area contributed by atoms with Crippen LogP contribution in [-0.2, 0) is 20.9 Å². The third-order valence-electron chi connectivity index (χ3n) is 7.29. The molecule has 1 aromatic heterocycles. The topological polar surface area (TPSA) is 110 Å². The predicted octanol–water partition coefficient (Wildman–Crippen LogP) is 3.77. The molecule has 2 amide bonds. The number of rotatable bonds is 10. The zero-order chi connectivity index (χ0) is 28.9. The number of carbonyl (C=O) groups is 3. The number of fused-ring (bicyclic) bond motifs is 1. The first kappa shape index (κ1) is 28.0. The number of ketones is 1. The van der Waals surface area contributed by atoms with Gasteiger partial charge < -0.3 is 15.0 Å². The molecule has 5 rings (SSSR count). The molecule has 0 unspecified atom stereocenters. The maximum absolute atomic E-state index is 14.2. The number of hydrogen-bond donors (Lipinski definition) is 1. The number of ether oxygens (including phenoxy) is 1. The fourth-order valence-corrected chi connectivity index (χ4v) is 5.02. The molecular weight excluding hydrogens is 520 g/mol. The van der Waals surface area contributed by atoms with Crippen molar-refractivity contribution in [3.8, 4) is 0 Å². The molecule has 0 saturated carbocycles. The Morgan fingerprint density at radius 3 is 2.37 bits per heavy atom. The Morgan fingerprint density at radius 2 is 1.71 bits per heavy atom.